The molecule has 1 heterocycles. The Balaban J connectivity index is 2.03. The molecule has 1 saturated heterocycles. The van der Waals surface area contributed by atoms with Crippen molar-refractivity contribution in [2.75, 3.05) is 13.1 Å². The molecular weight excluding hydrogens is 348 g/mol. The zero-order valence-electron chi connectivity index (χ0n) is 15.9. The summed E-state index contributed by atoms with van der Waals surface area (Å²) in [5.74, 6) is 0.225. The molecule has 0 aliphatic carbocycles. The molecule has 1 aromatic rings. The second-order valence-electron chi connectivity index (χ2n) is 7.26. The summed E-state index contributed by atoms with van der Waals surface area (Å²) in [4.78, 5) is 12.2. The minimum Gasteiger partial charge on any atom is -0.350 e. The normalized spacial score (nSPS) is 18.0. The number of hydrogen-bond donors (Lipinski definition) is 1. The summed E-state index contributed by atoms with van der Waals surface area (Å²) in [6.07, 6.45) is 7.20. The topological polar surface area (TPSA) is 66.5 Å². The van der Waals surface area contributed by atoms with Crippen LogP contribution in [0.2, 0.25) is 0 Å². The summed E-state index contributed by atoms with van der Waals surface area (Å²) in [6, 6.07) is 6.82. The molecule has 1 aromatic carbocycles. The van der Waals surface area contributed by atoms with Gasteiger partial charge in [0.15, 0.2) is 0 Å². The molecule has 1 aliphatic heterocycles. The number of benzene rings is 1. The monoisotopic (exact) mass is 378 g/mol. The Kier molecular flexibility index (Phi) is 7.41. The lowest BCUT2D eigenvalue weighted by Crippen LogP contribution is -2.34. The molecule has 1 amide bonds. The molecule has 26 heavy (non-hydrogen) atoms. The summed E-state index contributed by atoms with van der Waals surface area (Å²) in [6.45, 7) is 7.27. The minimum atomic E-state index is -3.43. The highest BCUT2D eigenvalue weighted by Crippen LogP contribution is 2.21. The number of sulfonamides is 1. The maximum Gasteiger partial charge on any atom is 0.244 e. The minimum absolute atomic E-state index is 0.105. The number of nitrogens with zero attached hydrogens (tertiary/aromatic N) is 1. The third-order valence-electron chi connectivity index (χ3n) is 4.88. The van der Waals surface area contributed by atoms with Gasteiger partial charge in [0.05, 0.1) is 4.90 Å². The molecule has 0 bridgehead atoms. The molecule has 1 N–H and O–H groups in total. The summed E-state index contributed by atoms with van der Waals surface area (Å²) in [7, 11) is -3.43. The first-order valence-corrected chi connectivity index (χ1v) is 10.8. The summed E-state index contributed by atoms with van der Waals surface area (Å²) < 4.78 is 27.1. The van der Waals surface area contributed by atoms with Gasteiger partial charge in [-0.2, -0.15) is 4.31 Å². The van der Waals surface area contributed by atoms with E-state index in [0.29, 0.717) is 23.9 Å². The Morgan fingerprint density at radius 3 is 2.15 bits per heavy atom. The standard InChI is InChI=1S/C20H30N2O3S/c1-16(2)17(3)21-20(23)13-10-18-8-11-19(12-9-18)26(24,25)22-14-6-4-5-7-15-22/h8-13,16-17H,4-7,14-15H2,1-3H3,(H,21,23)/b13-10+. The molecule has 1 fully saturated rings. The number of rotatable bonds is 6. The molecular formula is C20H30N2O3S. The van der Waals surface area contributed by atoms with Gasteiger partial charge in [0, 0.05) is 25.2 Å². The number of carbonyl (C=O) groups excluding carboxylic acids is 1. The molecule has 0 spiro atoms. The maximum absolute atomic E-state index is 12.7. The van der Waals surface area contributed by atoms with E-state index >= 15 is 0 Å². The van der Waals surface area contributed by atoms with E-state index in [4.69, 9.17) is 0 Å². The van der Waals surface area contributed by atoms with Crippen LogP contribution in [0.1, 0.15) is 52.0 Å². The predicted molar refractivity (Wildman–Crippen MR) is 105 cm³/mol. The summed E-state index contributed by atoms with van der Waals surface area (Å²) in [5.41, 5.74) is 0.798. The molecule has 0 radical (unpaired) electrons. The van der Waals surface area contributed by atoms with E-state index in [1.165, 1.54) is 6.08 Å². The first kappa shape index (κ1) is 20.6. The molecule has 0 saturated carbocycles. The molecule has 6 heteroatoms. The largest absolute Gasteiger partial charge is 0.350 e. The lowest BCUT2D eigenvalue weighted by Gasteiger charge is -2.19. The van der Waals surface area contributed by atoms with Crippen molar-refractivity contribution in [3.05, 3.63) is 35.9 Å². The van der Waals surface area contributed by atoms with Crippen molar-refractivity contribution < 1.29 is 13.2 Å². The fourth-order valence-corrected chi connectivity index (χ4v) is 4.31. The van der Waals surface area contributed by atoms with Crippen LogP contribution in [0, 0.1) is 5.92 Å². The first-order valence-electron chi connectivity index (χ1n) is 9.39. The highest BCUT2D eigenvalue weighted by molar-refractivity contribution is 7.89. The Bertz CT molecular complexity index is 716. The molecule has 1 atom stereocenters. The highest BCUT2D eigenvalue weighted by Gasteiger charge is 2.24. The number of carbonyl (C=O) groups is 1. The maximum atomic E-state index is 12.7. The van der Waals surface area contributed by atoms with Crippen LogP contribution in [-0.4, -0.2) is 37.8 Å². The lowest BCUT2D eigenvalue weighted by atomic mass is 10.1. The van der Waals surface area contributed by atoms with Crippen LogP contribution in [0.5, 0.6) is 0 Å². The van der Waals surface area contributed by atoms with Gasteiger partial charge in [0.25, 0.3) is 0 Å². The second-order valence-corrected chi connectivity index (χ2v) is 9.20. The van der Waals surface area contributed by atoms with Gasteiger partial charge in [-0.25, -0.2) is 8.42 Å². The highest BCUT2D eigenvalue weighted by atomic mass is 32.2. The average Bonchev–Trinajstić information content (AvgIpc) is 2.90. The van der Waals surface area contributed by atoms with E-state index in [0.717, 1.165) is 31.2 Å². The number of nitrogens with one attached hydrogen (secondary N) is 1. The van der Waals surface area contributed by atoms with E-state index < -0.39 is 10.0 Å². The van der Waals surface area contributed by atoms with Gasteiger partial charge in [-0.1, -0.05) is 38.8 Å². The summed E-state index contributed by atoms with van der Waals surface area (Å²) in [5, 5.41) is 2.91. The van der Waals surface area contributed by atoms with Crippen molar-refractivity contribution in [2.24, 2.45) is 5.92 Å². The average molecular weight is 379 g/mol. The zero-order chi connectivity index (χ0) is 19.2. The van der Waals surface area contributed by atoms with Crippen molar-refractivity contribution in [3.8, 4) is 0 Å². The van der Waals surface area contributed by atoms with Crippen molar-refractivity contribution in [1.82, 2.24) is 9.62 Å². The van der Waals surface area contributed by atoms with E-state index in [9.17, 15) is 13.2 Å². The quantitative estimate of drug-likeness (QED) is 0.771. The molecule has 5 nitrogen and oxygen atoms in total. The summed E-state index contributed by atoms with van der Waals surface area (Å²) >= 11 is 0. The molecule has 0 aromatic heterocycles. The smallest absolute Gasteiger partial charge is 0.244 e. The second kappa shape index (κ2) is 9.33. The van der Waals surface area contributed by atoms with Crippen LogP contribution in [0.3, 0.4) is 0 Å². The molecule has 1 aliphatic rings. The van der Waals surface area contributed by atoms with Crippen LogP contribution in [0.15, 0.2) is 35.2 Å². The van der Waals surface area contributed by atoms with E-state index in [1.54, 1.807) is 34.6 Å². The van der Waals surface area contributed by atoms with Gasteiger partial charge in [0.2, 0.25) is 15.9 Å². The van der Waals surface area contributed by atoms with E-state index in [-0.39, 0.29) is 11.9 Å². The van der Waals surface area contributed by atoms with E-state index in [1.807, 2.05) is 6.92 Å². The zero-order valence-corrected chi connectivity index (χ0v) is 16.8. The number of amides is 1. The van der Waals surface area contributed by atoms with Crippen molar-refractivity contribution in [1.29, 1.82) is 0 Å². The molecule has 2 rings (SSSR count). The van der Waals surface area contributed by atoms with Gasteiger partial charge in [-0.3, -0.25) is 4.79 Å². The van der Waals surface area contributed by atoms with Crippen molar-refractivity contribution in [2.45, 2.75) is 57.4 Å². The molecule has 1 unspecified atom stereocenters. The third kappa shape index (κ3) is 5.68. The molecule has 144 valence electrons. The van der Waals surface area contributed by atoms with Crippen LogP contribution < -0.4 is 5.32 Å². The fraction of sp³-hybridized carbons (Fsp3) is 0.550. The van der Waals surface area contributed by atoms with Crippen LogP contribution in [-0.2, 0) is 14.8 Å². The van der Waals surface area contributed by atoms with Crippen molar-refractivity contribution in [3.63, 3.8) is 0 Å². The van der Waals surface area contributed by atoms with Gasteiger partial charge < -0.3 is 5.32 Å². The van der Waals surface area contributed by atoms with Gasteiger partial charge >= 0.3 is 0 Å². The van der Waals surface area contributed by atoms with Crippen LogP contribution in [0.25, 0.3) is 6.08 Å². The lowest BCUT2D eigenvalue weighted by molar-refractivity contribution is -0.117. The Labute approximate surface area is 157 Å². The van der Waals surface area contributed by atoms with Crippen LogP contribution >= 0.6 is 0 Å². The van der Waals surface area contributed by atoms with Gasteiger partial charge in [-0.05, 0) is 49.5 Å². The van der Waals surface area contributed by atoms with E-state index in [2.05, 4.69) is 19.2 Å². The van der Waals surface area contributed by atoms with Gasteiger partial charge in [0.1, 0.15) is 0 Å². The van der Waals surface area contributed by atoms with Gasteiger partial charge in [-0.15, -0.1) is 0 Å². The number of hydrogen-bond acceptors (Lipinski definition) is 3. The van der Waals surface area contributed by atoms with Crippen molar-refractivity contribution >= 4 is 22.0 Å². The Morgan fingerprint density at radius 2 is 1.62 bits per heavy atom. The third-order valence-corrected chi connectivity index (χ3v) is 6.79. The first-order chi connectivity index (χ1) is 12.3. The Morgan fingerprint density at radius 1 is 1.04 bits per heavy atom. The Hall–Kier alpha value is -1.66. The van der Waals surface area contributed by atoms with Crippen LogP contribution in [0.4, 0.5) is 0 Å². The fourth-order valence-electron chi connectivity index (χ4n) is 2.79. The predicted octanol–water partition coefficient (Wildman–Crippen LogP) is 3.43. The SMILES string of the molecule is CC(C)C(C)NC(=O)/C=C/c1ccc(S(=O)(=O)N2CCCCCC2)cc1.